The number of benzene rings is 1. The van der Waals surface area contributed by atoms with E-state index in [0.29, 0.717) is 16.0 Å². The summed E-state index contributed by atoms with van der Waals surface area (Å²) in [5.74, 6) is 0.613. The van der Waals surface area contributed by atoms with Crippen LogP contribution >= 0.6 is 22.6 Å². The largest absolute Gasteiger partial charge is 0.381 e. The zero-order chi connectivity index (χ0) is 14.5. The molecular formula is C14H20IN3O2. The lowest BCUT2D eigenvalue weighted by molar-refractivity contribution is -0.385. The summed E-state index contributed by atoms with van der Waals surface area (Å²) in [5, 5.41) is 14.3. The zero-order valence-electron chi connectivity index (χ0n) is 11.3. The molecule has 0 bridgehead atoms. The van der Waals surface area contributed by atoms with E-state index in [1.807, 2.05) is 28.7 Å². The van der Waals surface area contributed by atoms with Gasteiger partial charge in [-0.3, -0.25) is 10.1 Å². The Morgan fingerprint density at radius 2 is 2.10 bits per heavy atom. The van der Waals surface area contributed by atoms with Crippen molar-refractivity contribution in [3.05, 3.63) is 31.9 Å². The third-order valence-corrected chi connectivity index (χ3v) is 4.83. The maximum atomic E-state index is 10.8. The highest BCUT2D eigenvalue weighted by molar-refractivity contribution is 14.1. The van der Waals surface area contributed by atoms with Gasteiger partial charge >= 0.3 is 0 Å². The van der Waals surface area contributed by atoms with E-state index < -0.39 is 0 Å². The second-order valence-corrected chi connectivity index (χ2v) is 6.47. The first-order chi connectivity index (χ1) is 9.61. The van der Waals surface area contributed by atoms with Crippen LogP contribution in [0, 0.1) is 19.6 Å². The molecule has 1 unspecified atom stereocenters. The molecule has 0 amide bonds. The molecule has 1 aliphatic carbocycles. The molecule has 1 aromatic carbocycles. The van der Waals surface area contributed by atoms with E-state index in [1.54, 1.807) is 12.1 Å². The molecule has 6 heteroatoms. The minimum absolute atomic E-state index is 0.151. The van der Waals surface area contributed by atoms with Crippen LogP contribution in [0.3, 0.4) is 0 Å². The maximum Gasteiger partial charge on any atom is 0.282 e. The van der Waals surface area contributed by atoms with Gasteiger partial charge < -0.3 is 11.1 Å². The molecule has 20 heavy (non-hydrogen) atoms. The van der Waals surface area contributed by atoms with E-state index in [2.05, 4.69) is 5.32 Å². The molecule has 5 nitrogen and oxygen atoms in total. The SMILES string of the molecule is NCC(Nc1ccc([N+](=O)[O-])c(I)c1)C1CCCCC1. The fourth-order valence-corrected chi connectivity index (χ4v) is 3.58. The van der Waals surface area contributed by atoms with Gasteiger partial charge in [0.25, 0.3) is 5.69 Å². The highest BCUT2D eigenvalue weighted by atomic mass is 127. The molecule has 0 spiro atoms. The minimum atomic E-state index is -0.354. The van der Waals surface area contributed by atoms with Gasteiger partial charge in [-0.15, -0.1) is 0 Å². The average molecular weight is 389 g/mol. The Labute approximate surface area is 132 Å². The van der Waals surface area contributed by atoms with Crippen molar-refractivity contribution in [1.29, 1.82) is 0 Å². The van der Waals surface area contributed by atoms with Gasteiger partial charge in [-0.2, -0.15) is 0 Å². The number of nitro benzene ring substituents is 1. The fourth-order valence-electron chi connectivity index (χ4n) is 2.86. The van der Waals surface area contributed by atoms with E-state index >= 15 is 0 Å². The van der Waals surface area contributed by atoms with E-state index in [-0.39, 0.29) is 16.7 Å². The topological polar surface area (TPSA) is 81.2 Å². The molecule has 0 radical (unpaired) electrons. The number of nitrogens with one attached hydrogen (secondary N) is 1. The van der Waals surface area contributed by atoms with Gasteiger partial charge in [-0.05, 0) is 53.5 Å². The second kappa shape index (κ2) is 7.21. The van der Waals surface area contributed by atoms with Gasteiger partial charge in [-0.25, -0.2) is 0 Å². The molecule has 2 rings (SSSR count). The number of nitrogens with two attached hydrogens (primary N) is 1. The number of nitrogens with zero attached hydrogens (tertiary/aromatic N) is 1. The van der Waals surface area contributed by atoms with E-state index in [9.17, 15) is 10.1 Å². The van der Waals surface area contributed by atoms with Crippen molar-refractivity contribution in [2.45, 2.75) is 38.1 Å². The Morgan fingerprint density at radius 3 is 2.65 bits per heavy atom. The van der Waals surface area contributed by atoms with Gasteiger partial charge in [0, 0.05) is 24.3 Å². The molecule has 1 aliphatic rings. The molecule has 0 aromatic heterocycles. The molecule has 0 aliphatic heterocycles. The lowest BCUT2D eigenvalue weighted by Gasteiger charge is -2.30. The summed E-state index contributed by atoms with van der Waals surface area (Å²) in [6, 6.07) is 5.40. The van der Waals surface area contributed by atoms with Crippen molar-refractivity contribution < 1.29 is 4.92 Å². The normalized spacial score (nSPS) is 17.7. The quantitative estimate of drug-likeness (QED) is 0.459. The number of rotatable bonds is 5. The first kappa shape index (κ1) is 15.5. The Kier molecular flexibility index (Phi) is 5.59. The van der Waals surface area contributed by atoms with E-state index in [4.69, 9.17) is 5.73 Å². The molecule has 1 fully saturated rings. The van der Waals surface area contributed by atoms with Crippen molar-refractivity contribution in [2.24, 2.45) is 11.7 Å². The first-order valence-electron chi connectivity index (χ1n) is 7.02. The van der Waals surface area contributed by atoms with Crippen LogP contribution in [0.2, 0.25) is 0 Å². The predicted octanol–water partition coefficient (Wildman–Crippen LogP) is 3.52. The molecule has 1 atom stereocenters. The van der Waals surface area contributed by atoms with Crippen LogP contribution in [0.1, 0.15) is 32.1 Å². The standard InChI is InChI=1S/C14H20IN3O2/c15-12-8-11(6-7-14(12)18(19)20)17-13(9-16)10-4-2-1-3-5-10/h6-8,10,13,17H,1-5,9,16H2. The zero-order valence-corrected chi connectivity index (χ0v) is 13.5. The Balaban J connectivity index is 2.07. The summed E-state index contributed by atoms with van der Waals surface area (Å²) < 4.78 is 0.650. The van der Waals surface area contributed by atoms with Crippen molar-refractivity contribution in [3.8, 4) is 0 Å². The van der Waals surface area contributed by atoms with Crippen LogP contribution in [-0.4, -0.2) is 17.5 Å². The fraction of sp³-hybridized carbons (Fsp3) is 0.571. The second-order valence-electron chi connectivity index (χ2n) is 5.31. The monoisotopic (exact) mass is 389 g/mol. The smallest absolute Gasteiger partial charge is 0.282 e. The van der Waals surface area contributed by atoms with Gasteiger partial charge in [-0.1, -0.05) is 19.3 Å². The van der Waals surface area contributed by atoms with E-state index in [0.717, 1.165) is 5.69 Å². The van der Waals surface area contributed by atoms with Gasteiger partial charge in [0.1, 0.15) is 0 Å². The van der Waals surface area contributed by atoms with Crippen molar-refractivity contribution >= 4 is 34.0 Å². The lowest BCUT2D eigenvalue weighted by atomic mass is 9.84. The Bertz CT molecular complexity index is 475. The highest BCUT2D eigenvalue weighted by Gasteiger charge is 2.23. The Hall–Kier alpha value is -0.890. The number of halogens is 1. The molecular weight excluding hydrogens is 369 g/mol. The van der Waals surface area contributed by atoms with Crippen LogP contribution in [0.5, 0.6) is 0 Å². The van der Waals surface area contributed by atoms with Crippen molar-refractivity contribution in [1.82, 2.24) is 0 Å². The van der Waals surface area contributed by atoms with E-state index in [1.165, 1.54) is 32.1 Å². The summed E-state index contributed by atoms with van der Waals surface area (Å²) in [7, 11) is 0. The summed E-state index contributed by atoms with van der Waals surface area (Å²) >= 11 is 2.00. The number of nitro groups is 1. The van der Waals surface area contributed by atoms with Crippen LogP contribution in [0.25, 0.3) is 0 Å². The summed E-state index contributed by atoms with van der Waals surface area (Å²) in [6.45, 7) is 0.595. The van der Waals surface area contributed by atoms with Crippen LogP contribution < -0.4 is 11.1 Å². The first-order valence-corrected chi connectivity index (χ1v) is 8.10. The minimum Gasteiger partial charge on any atom is -0.381 e. The summed E-state index contributed by atoms with van der Waals surface area (Å²) in [5.41, 5.74) is 6.96. The summed E-state index contributed by atoms with van der Waals surface area (Å²) in [4.78, 5) is 10.5. The van der Waals surface area contributed by atoms with Crippen molar-refractivity contribution in [3.63, 3.8) is 0 Å². The third-order valence-electron chi connectivity index (χ3n) is 3.97. The third kappa shape index (κ3) is 3.82. The van der Waals surface area contributed by atoms with Gasteiger partial charge in [0.15, 0.2) is 0 Å². The highest BCUT2D eigenvalue weighted by Crippen LogP contribution is 2.29. The van der Waals surface area contributed by atoms with Gasteiger partial charge in [0.2, 0.25) is 0 Å². The average Bonchev–Trinajstić information content (AvgIpc) is 2.45. The van der Waals surface area contributed by atoms with Crippen molar-refractivity contribution in [2.75, 3.05) is 11.9 Å². The number of hydrogen-bond acceptors (Lipinski definition) is 4. The van der Waals surface area contributed by atoms with Gasteiger partial charge in [0.05, 0.1) is 8.49 Å². The Morgan fingerprint density at radius 1 is 1.40 bits per heavy atom. The number of hydrogen-bond donors (Lipinski definition) is 2. The molecule has 0 heterocycles. The molecule has 0 saturated heterocycles. The van der Waals surface area contributed by atoms with Crippen LogP contribution in [-0.2, 0) is 0 Å². The lowest BCUT2D eigenvalue weighted by Crippen LogP contribution is -2.37. The maximum absolute atomic E-state index is 10.8. The summed E-state index contributed by atoms with van der Waals surface area (Å²) in [6.07, 6.45) is 6.32. The van der Waals surface area contributed by atoms with Crippen LogP contribution in [0.15, 0.2) is 18.2 Å². The molecule has 1 saturated carbocycles. The van der Waals surface area contributed by atoms with Crippen LogP contribution in [0.4, 0.5) is 11.4 Å². The predicted molar refractivity (Wildman–Crippen MR) is 88.9 cm³/mol. The number of anilines is 1. The molecule has 110 valence electrons. The molecule has 3 N–H and O–H groups in total. The molecule has 1 aromatic rings.